The third-order valence-corrected chi connectivity index (χ3v) is 8.33. The number of halogens is 1. The maximum Gasteiger partial charge on any atom is 0.265 e. The van der Waals surface area contributed by atoms with Gasteiger partial charge in [-0.2, -0.15) is 0 Å². The van der Waals surface area contributed by atoms with Crippen LogP contribution < -0.4 is 0 Å². The Labute approximate surface area is 199 Å². The highest BCUT2D eigenvalue weighted by Crippen LogP contribution is 2.32. The summed E-state index contributed by atoms with van der Waals surface area (Å²) >= 11 is 1.36. The molecule has 0 saturated carbocycles. The number of piperazine rings is 1. The average molecular weight is 473 g/mol. The van der Waals surface area contributed by atoms with E-state index in [4.69, 9.17) is 0 Å². The van der Waals surface area contributed by atoms with Crippen molar-refractivity contribution < 1.29 is 14.0 Å². The lowest BCUT2D eigenvalue weighted by Gasteiger charge is -2.39. The van der Waals surface area contributed by atoms with Gasteiger partial charge in [0.25, 0.3) is 5.91 Å². The molecular formula is C25H33FN4O2S. The van der Waals surface area contributed by atoms with Gasteiger partial charge in [0.2, 0.25) is 5.91 Å². The highest BCUT2D eigenvalue weighted by molar-refractivity contribution is 7.17. The average Bonchev–Trinajstić information content (AvgIpc) is 3.24. The van der Waals surface area contributed by atoms with Crippen LogP contribution in [0.3, 0.4) is 0 Å². The van der Waals surface area contributed by atoms with E-state index in [1.54, 1.807) is 12.1 Å². The quantitative estimate of drug-likeness (QED) is 0.662. The number of carbonyl (C=O) groups excluding carboxylic acids is 2. The number of hydrogen-bond acceptors (Lipinski definition) is 5. The Morgan fingerprint density at radius 3 is 2.30 bits per heavy atom. The highest BCUT2D eigenvalue weighted by Gasteiger charge is 2.34. The first-order valence-corrected chi connectivity index (χ1v) is 12.7. The third-order valence-electron chi connectivity index (χ3n) is 7.14. The lowest BCUT2D eigenvalue weighted by molar-refractivity contribution is -0.139. The van der Waals surface area contributed by atoms with E-state index in [0.717, 1.165) is 56.1 Å². The molecule has 1 atom stereocenters. The van der Waals surface area contributed by atoms with Crippen LogP contribution >= 0.6 is 11.3 Å². The fourth-order valence-corrected chi connectivity index (χ4v) is 5.87. The molecule has 1 aromatic heterocycles. The van der Waals surface area contributed by atoms with E-state index in [9.17, 15) is 14.0 Å². The summed E-state index contributed by atoms with van der Waals surface area (Å²) in [6.07, 6.45) is 1.69. The second kappa shape index (κ2) is 10.3. The monoisotopic (exact) mass is 472 g/mol. The lowest BCUT2D eigenvalue weighted by Crippen LogP contribution is -2.51. The van der Waals surface area contributed by atoms with Crippen LogP contribution in [-0.4, -0.2) is 77.3 Å². The number of likely N-dealkylation sites (tertiary alicyclic amines) is 1. The first kappa shape index (κ1) is 23.8. The zero-order chi connectivity index (χ0) is 23.5. The van der Waals surface area contributed by atoms with Crippen molar-refractivity contribution in [1.82, 2.24) is 19.7 Å². The molecular weight excluding hydrogens is 439 g/mol. The van der Waals surface area contributed by atoms with Gasteiger partial charge in [0.1, 0.15) is 15.7 Å². The summed E-state index contributed by atoms with van der Waals surface area (Å²) in [5.74, 6) is 0.278. The van der Waals surface area contributed by atoms with E-state index in [2.05, 4.69) is 23.7 Å². The van der Waals surface area contributed by atoms with E-state index >= 15 is 0 Å². The van der Waals surface area contributed by atoms with Crippen molar-refractivity contribution >= 4 is 23.2 Å². The summed E-state index contributed by atoms with van der Waals surface area (Å²) in [6.45, 7) is 12.0. The molecule has 2 saturated heterocycles. The maximum atomic E-state index is 13.2. The second-order valence-electron chi connectivity index (χ2n) is 9.12. The summed E-state index contributed by atoms with van der Waals surface area (Å²) in [4.78, 5) is 37.7. The molecule has 8 heteroatoms. The molecule has 33 heavy (non-hydrogen) atoms. The van der Waals surface area contributed by atoms with Crippen molar-refractivity contribution in [3.8, 4) is 10.6 Å². The number of aryl methyl sites for hydroxylation is 1. The summed E-state index contributed by atoms with van der Waals surface area (Å²) in [6, 6.07) is 6.19. The Kier molecular flexibility index (Phi) is 7.44. The number of aromatic nitrogens is 1. The van der Waals surface area contributed by atoms with Crippen LogP contribution in [0.4, 0.5) is 4.39 Å². The van der Waals surface area contributed by atoms with Gasteiger partial charge in [-0.3, -0.25) is 9.59 Å². The van der Waals surface area contributed by atoms with Crippen LogP contribution in [0.5, 0.6) is 0 Å². The van der Waals surface area contributed by atoms with Crippen molar-refractivity contribution in [3.05, 3.63) is 40.7 Å². The number of likely N-dealkylation sites (N-methyl/N-ethyl adjacent to an activating group) is 1. The molecule has 0 N–H and O–H groups in total. The van der Waals surface area contributed by atoms with Crippen LogP contribution in [-0.2, 0) is 4.79 Å². The van der Waals surface area contributed by atoms with Crippen molar-refractivity contribution in [2.24, 2.45) is 11.8 Å². The number of hydrogen-bond donors (Lipinski definition) is 0. The van der Waals surface area contributed by atoms with Crippen LogP contribution in [0.25, 0.3) is 10.6 Å². The fraction of sp³-hybridized carbons (Fsp3) is 0.560. The number of benzene rings is 1. The summed E-state index contributed by atoms with van der Waals surface area (Å²) in [5, 5.41) is 0.730. The van der Waals surface area contributed by atoms with E-state index in [-0.39, 0.29) is 23.5 Å². The highest BCUT2D eigenvalue weighted by atomic mass is 32.1. The molecule has 2 amide bonds. The summed E-state index contributed by atoms with van der Waals surface area (Å²) < 4.78 is 13.2. The minimum atomic E-state index is -0.290. The fourth-order valence-electron chi connectivity index (χ4n) is 4.83. The first-order valence-electron chi connectivity index (χ1n) is 11.9. The lowest BCUT2D eigenvalue weighted by atomic mass is 9.84. The van der Waals surface area contributed by atoms with Crippen LogP contribution in [0.15, 0.2) is 24.3 Å². The number of rotatable bonds is 5. The zero-order valence-corrected chi connectivity index (χ0v) is 20.5. The predicted molar refractivity (Wildman–Crippen MR) is 129 cm³/mol. The van der Waals surface area contributed by atoms with Gasteiger partial charge in [0, 0.05) is 50.7 Å². The van der Waals surface area contributed by atoms with Crippen molar-refractivity contribution in [2.45, 2.75) is 33.6 Å². The number of carbonyl (C=O) groups is 2. The predicted octanol–water partition coefficient (Wildman–Crippen LogP) is 3.91. The van der Waals surface area contributed by atoms with Crippen LogP contribution in [0, 0.1) is 24.6 Å². The Hall–Kier alpha value is -2.32. The molecule has 3 heterocycles. The number of amides is 2. The molecule has 0 bridgehead atoms. The molecule has 178 valence electrons. The minimum Gasteiger partial charge on any atom is -0.340 e. The van der Waals surface area contributed by atoms with Crippen LogP contribution in [0.1, 0.15) is 42.1 Å². The normalized spacial score (nSPS) is 19.0. The number of thiazole rings is 1. The smallest absolute Gasteiger partial charge is 0.265 e. The maximum absolute atomic E-state index is 13.2. The third kappa shape index (κ3) is 5.27. The van der Waals surface area contributed by atoms with E-state index < -0.39 is 0 Å². The van der Waals surface area contributed by atoms with Gasteiger partial charge >= 0.3 is 0 Å². The summed E-state index contributed by atoms with van der Waals surface area (Å²) in [7, 11) is 0. The Bertz CT molecular complexity index is 977. The minimum absolute atomic E-state index is 0.00600. The first-order chi connectivity index (χ1) is 15.9. The molecule has 1 aromatic carbocycles. The van der Waals surface area contributed by atoms with Crippen molar-refractivity contribution in [1.29, 1.82) is 0 Å². The number of piperidine rings is 1. The molecule has 0 radical (unpaired) electrons. The van der Waals surface area contributed by atoms with Gasteiger partial charge in [-0.05, 0) is 56.5 Å². The van der Waals surface area contributed by atoms with E-state index in [1.807, 2.05) is 16.7 Å². The molecule has 2 fully saturated rings. The molecule has 4 rings (SSSR count). The molecule has 0 aliphatic carbocycles. The molecule has 0 spiro atoms. The van der Waals surface area contributed by atoms with Crippen molar-refractivity contribution in [2.75, 3.05) is 45.8 Å². The molecule has 2 aliphatic rings. The van der Waals surface area contributed by atoms with E-state index in [0.29, 0.717) is 29.6 Å². The van der Waals surface area contributed by atoms with Crippen molar-refractivity contribution in [3.63, 3.8) is 0 Å². The Balaban J connectivity index is 1.33. The molecule has 6 nitrogen and oxygen atoms in total. The van der Waals surface area contributed by atoms with E-state index in [1.165, 1.54) is 23.5 Å². The summed E-state index contributed by atoms with van der Waals surface area (Å²) in [5.41, 5.74) is 1.52. The van der Waals surface area contributed by atoms with Gasteiger partial charge in [0.05, 0.1) is 5.69 Å². The Morgan fingerprint density at radius 1 is 1.06 bits per heavy atom. The molecule has 1 unspecified atom stereocenters. The standard InChI is InChI=1S/C25H33FN4O2S/c1-4-28-13-15-30(16-14-28)24(31)17(2)19-9-11-29(12-10-19)25(32)22-18(3)27-23(33-22)20-5-7-21(26)8-6-20/h5-8,17,19H,4,9-16H2,1-3H3. The SMILES string of the molecule is CCN1CCN(C(=O)C(C)C2CCN(C(=O)c3sc(-c4ccc(F)cc4)nc3C)CC2)CC1. The Morgan fingerprint density at radius 2 is 1.70 bits per heavy atom. The van der Waals surface area contributed by atoms with Gasteiger partial charge in [-0.25, -0.2) is 9.37 Å². The largest absolute Gasteiger partial charge is 0.340 e. The molecule has 2 aliphatic heterocycles. The van der Waals surface area contributed by atoms with Gasteiger partial charge < -0.3 is 14.7 Å². The van der Waals surface area contributed by atoms with Gasteiger partial charge in [0.15, 0.2) is 0 Å². The number of nitrogens with zero attached hydrogens (tertiary/aromatic N) is 4. The van der Waals surface area contributed by atoms with Gasteiger partial charge in [-0.15, -0.1) is 11.3 Å². The molecule has 2 aromatic rings. The topological polar surface area (TPSA) is 56.8 Å². The zero-order valence-electron chi connectivity index (χ0n) is 19.7. The second-order valence-corrected chi connectivity index (χ2v) is 10.1. The van der Waals surface area contributed by atoms with Gasteiger partial charge in [-0.1, -0.05) is 13.8 Å². The van der Waals surface area contributed by atoms with Crippen LogP contribution in [0.2, 0.25) is 0 Å².